The number of hydrogen-bond acceptors (Lipinski definition) is 6. The third kappa shape index (κ3) is 8.11. The third-order valence-electron chi connectivity index (χ3n) is 7.77. The van der Waals surface area contributed by atoms with E-state index < -0.39 is 17.9 Å². The molecular formula is C35H35N5O5. The minimum atomic E-state index is -1.04. The summed E-state index contributed by atoms with van der Waals surface area (Å²) in [6, 6.07) is 24.6. The van der Waals surface area contributed by atoms with Crippen LogP contribution >= 0.6 is 0 Å². The van der Waals surface area contributed by atoms with Crippen LogP contribution in [-0.2, 0) is 16.0 Å². The molecule has 10 nitrogen and oxygen atoms in total. The van der Waals surface area contributed by atoms with Crippen LogP contribution in [0.3, 0.4) is 0 Å². The maximum absolute atomic E-state index is 13.5. The lowest BCUT2D eigenvalue weighted by molar-refractivity contribution is -0.137. The quantitative estimate of drug-likeness (QED) is 0.243. The van der Waals surface area contributed by atoms with Gasteiger partial charge in [0.2, 0.25) is 5.91 Å². The number of rotatable bonds is 10. The van der Waals surface area contributed by atoms with E-state index in [0.717, 1.165) is 11.1 Å². The fraction of sp³-hybridized carbons (Fsp3) is 0.229. The lowest BCUT2D eigenvalue weighted by Crippen LogP contribution is -2.49. The van der Waals surface area contributed by atoms with Gasteiger partial charge in [0.25, 0.3) is 11.8 Å². The molecule has 1 aliphatic heterocycles. The smallest absolute Gasteiger partial charge is 0.305 e. The van der Waals surface area contributed by atoms with E-state index in [0.29, 0.717) is 55.1 Å². The standard InChI is InChI=1S/C35H35N5O5/c1-24-9-11-26(12-10-24)29(22-33(42)43)37-34(44)27-13-14-31(30(21-27)38-35(45)28-8-5-15-36-23-28)39-16-18-40(19-17-39)32(41)20-25-6-3-2-4-7-25/h2-15,21,23,29H,16-20,22H2,1H3,(H,37,44)(H,38,45)(H,42,43). The number of nitrogens with one attached hydrogen (secondary N) is 2. The minimum absolute atomic E-state index is 0.0578. The van der Waals surface area contributed by atoms with Crippen molar-refractivity contribution >= 4 is 35.1 Å². The number of hydrogen-bond donors (Lipinski definition) is 3. The highest BCUT2D eigenvalue weighted by atomic mass is 16.4. The predicted octanol–water partition coefficient (Wildman–Crippen LogP) is 4.48. The molecule has 230 valence electrons. The number of aryl methyl sites for hydroxylation is 1. The Balaban J connectivity index is 1.35. The van der Waals surface area contributed by atoms with E-state index in [1.54, 1.807) is 48.7 Å². The van der Waals surface area contributed by atoms with E-state index >= 15 is 0 Å². The van der Waals surface area contributed by atoms with Gasteiger partial charge in [-0.1, -0.05) is 60.2 Å². The first kappa shape index (κ1) is 30.9. The van der Waals surface area contributed by atoms with E-state index in [9.17, 15) is 24.3 Å². The molecule has 3 N–H and O–H groups in total. The third-order valence-corrected chi connectivity index (χ3v) is 7.77. The number of nitrogens with zero attached hydrogens (tertiary/aromatic N) is 3. The zero-order valence-electron chi connectivity index (χ0n) is 25.0. The van der Waals surface area contributed by atoms with Crippen molar-refractivity contribution in [3.05, 3.63) is 125 Å². The second-order valence-electron chi connectivity index (χ2n) is 11.0. The Morgan fingerprint density at radius 3 is 2.24 bits per heavy atom. The molecule has 0 spiro atoms. The summed E-state index contributed by atoms with van der Waals surface area (Å²) in [5, 5.41) is 15.3. The van der Waals surface area contributed by atoms with Crippen LogP contribution < -0.4 is 15.5 Å². The lowest BCUT2D eigenvalue weighted by Gasteiger charge is -2.37. The number of aliphatic carboxylic acids is 1. The average Bonchev–Trinajstić information content (AvgIpc) is 3.05. The van der Waals surface area contributed by atoms with Crippen LogP contribution in [0.5, 0.6) is 0 Å². The highest BCUT2D eigenvalue weighted by Gasteiger charge is 2.25. The van der Waals surface area contributed by atoms with Crippen molar-refractivity contribution in [2.24, 2.45) is 0 Å². The Morgan fingerprint density at radius 1 is 0.844 bits per heavy atom. The van der Waals surface area contributed by atoms with Crippen LogP contribution in [0.1, 0.15) is 49.9 Å². The number of pyridine rings is 1. The van der Waals surface area contributed by atoms with E-state index in [2.05, 4.69) is 20.5 Å². The molecule has 1 aliphatic rings. The van der Waals surface area contributed by atoms with Gasteiger partial charge in [-0.05, 0) is 48.4 Å². The number of benzene rings is 3. The molecule has 4 aromatic rings. The first-order chi connectivity index (χ1) is 21.8. The van der Waals surface area contributed by atoms with Gasteiger partial charge in [0.1, 0.15) is 0 Å². The summed E-state index contributed by atoms with van der Waals surface area (Å²) in [7, 11) is 0. The Bertz CT molecular complexity index is 1650. The normalized spacial score (nSPS) is 13.5. The molecule has 1 aromatic heterocycles. The molecule has 3 aromatic carbocycles. The molecule has 0 bridgehead atoms. The second-order valence-corrected chi connectivity index (χ2v) is 11.0. The Hall–Kier alpha value is -5.51. The van der Waals surface area contributed by atoms with E-state index in [-0.39, 0.29) is 23.8 Å². The first-order valence-electron chi connectivity index (χ1n) is 14.8. The zero-order chi connectivity index (χ0) is 31.8. The monoisotopic (exact) mass is 605 g/mol. The highest BCUT2D eigenvalue weighted by molar-refractivity contribution is 6.07. The Morgan fingerprint density at radius 2 is 1.58 bits per heavy atom. The van der Waals surface area contributed by atoms with Gasteiger partial charge in [-0.2, -0.15) is 0 Å². The number of carboxylic acids is 1. The maximum Gasteiger partial charge on any atom is 0.305 e. The van der Waals surface area contributed by atoms with Crippen molar-refractivity contribution < 1.29 is 24.3 Å². The summed E-state index contributed by atoms with van der Waals surface area (Å²) in [4.78, 5) is 59.1. The summed E-state index contributed by atoms with van der Waals surface area (Å²) in [6.07, 6.45) is 3.08. The average molecular weight is 606 g/mol. The molecule has 0 saturated carbocycles. The van der Waals surface area contributed by atoms with Crippen molar-refractivity contribution in [2.75, 3.05) is 36.4 Å². The van der Waals surface area contributed by atoms with Crippen molar-refractivity contribution in [3.8, 4) is 0 Å². The van der Waals surface area contributed by atoms with Gasteiger partial charge in [0.15, 0.2) is 0 Å². The topological polar surface area (TPSA) is 132 Å². The molecule has 3 amide bonds. The van der Waals surface area contributed by atoms with Gasteiger partial charge in [-0.25, -0.2) is 0 Å². The van der Waals surface area contributed by atoms with E-state index in [1.165, 1.54) is 6.20 Å². The van der Waals surface area contributed by atoms with Crippen molar-refractivity contribution in [2.45, 2.75) is 25.8 Å². The number of carbonyl (C=O) groups excluding carboxylic acids is 3. The van der Waals surface area contributed by atoms with Gasteiger partial charge in [0.05, 0.1) is 35.8 Å². The molecule has 1 fully saturated rings. The van der Waals surface area contributed by atoms with Crippen molar-refractivity contribution in [1.82, 2.24) is 15.2 Å². The number of aromatic nitrogens is 1. The summed E-state index contributed by atoms with van der Waals surface area (Å²) in [5.41, 5.74) is 4.41. The largest absolute Gasteiger partial charge is 0.481 e. The summed E-state index contributed by atoms with van der Waals surface area (Å²) in [6.45, 7) is 4.03. The van der Waals surface area contributed by atoms with Gasteiger partial charge in [-0.3, -0.25) is 24.2 Å². The molecule has 5 rings (SSSR count). The number of carboxylic acid groups (broad SMARTS) is 1. The highest BCUT2D eigenvalue weighted by Crippen LogP contribution is 2.30. The zero-order valence-corrected chi connectivity index (χ0v) is 25.0. The molecule has 1 saturated heterocycles. The van der Waals surface area contributed by atoms with Crippen LogP contribution in [0.15, 0.2) is 97.3 Å². The van der Waals surface area contributed by atoms with Crippen LogP contribution in [0.4, 0.5) is 11.4 Å². The maximum atomic E-state index is 13.5. The number of piperazine rings is 1. The SMILES string of the molecule is Cc1ccc(C(CC(=O)O)NC(=O)c2ccc(N3CCN(C(=O)Cc4ccccc4)CC3)c(NC(=O)c3cccnc3)c2)cc1. The fourth-order valence-electron chi connectivity index (χ4n) is 5.29. The number of amides is 3. The van der Waals surface area contributed by atoms with Crippen LogP contribution in [0, 0.1) is 6.92 Å². The predicted molar refractivity (Wildman–Crippen MR) is 171 cm³/mol. The van der Waals surface area contributed by atoms with Gasteiger partial charge in [0, 0.05) is 44.1 Å². The second kappa shape index (κ2) is 14.3. The Kier molecular flexibility index (Phi) is 9.83. The first-order valence-corrected chi connectivity index (χ1v) is 14.8. The van der Waals surface area contributed by atoms with Crippen LogP contribution in [0.2, 0.25) is 0 Å². The molecule has 0 aliphatic carbocycles. The summed E-state index contributed by atoms with van der Waals surface area (Å²) in [5.74, 6) is -1.84. The Labute approximate surface area is 261 Å². The van der Waals surface area contributed by atoms with Crippen molar-refractivity contribution in [3.63, 3.8) is 0 Å². The molecular weight excluding hydrogens is 570 g/mol. The molecule has 1 unspecified atom stereocenters. The van der Waals surface area contributed by atoms with Gasteiger partial charge < -0.3 is 25.5 Å². The molecule has 10 heteroatoms. The number of carbonyl (C=O) groups is 4. The van der Waals surface area contributed by atoms with Gasteiger partial charge in [-0.15, -0.1) is 0 Å². The van der Waals surface area contributed by atoms with Crippen LogP contribution in [0.25, 0.3) is 0 Å². The van der Waals surface area contributed by atoms with Crippen LogP contribution in [-0.4, -0.2) is 64.9 Å². The summed E-state index contributed by atoms with van der Waals surface area (Å²) >= 11 is 0. The van der Waals surface area contributed by atoms with E-state index in [4.69, 9.17) is 0 Å². The lowest BCUT2D eigenvalue weighted by atomic mass is 10.0. The molecule has 2 heterocycles. The minimum Gasteiger partial charge on any atom is -0.481 e. The fourth-order valence-corrected chi connectivity index (χ4v) is 5.29. The summed E-state index contributed by atoms with van der Waals surface area (Å²) < 4.78 is 0. The van der Waals surface area contributed by atoms with Gasteiger partial charge >= 0.3 is 5.97 Å². The molecule has 45 heavy (non-hydrogen) atoms. The van der Waals surface area contributed by atoms with Crippen molar-refractivity contribution in [1.29, 1.82) is 0 Å². The number of anilines is 2. The van der Waals surface area contributed by atoms with E-state index in [1.807, 2.05) is 54.3 Å². The molecule has 0 radical (unpaired) electrons. The molecule has 1 atom stereocenters.